The Morgan fingerprint density at radius 2 is 1.76 bits per heavy atom. The van der Waals surface area contributed by atoms with E-state index in [-0.39, 0.29) is 29.2 Å². The lowest BCUT2D eigenvalue weighted by molar-refractivity contribution is -0.111. The van der Waals surface area contributed by atoms with Crippen molar-refractivity contribution < 1.29 is 4.79 Å². The number of halogens is 1. The van der Waals surface area contributed by atoms with E-state index in [1.165, 1.54) is 0 Å². The largest absolute Gasteiger partial charge is 0.297 e. The summed E-state index contributed by atoms with van der Waals surface area (Å²) in [5.41, 5.74) is 7.69. The highest BCUT2D eigenvalue weighted by molar-refractivity contribution is 6.73. The van der Waals surface area contributed by atoms with Crippen LogP contribution in [0.3, 0.4) is 0 Å². The van der Waals surface area contributed by atoms with E-state index in [0.717, 1.165) is 16.8 Å². The molecule has 8 heteroatoms. The van der Waals surface area contributed by atoms with Gasteiger partial charge in [0.1, 0.15) is 17.5 Å². The molecule has 1 aliphatic rings. The predicted molar refractivity (Wildman–Crippen MR) is 146 cm³/mol. The molecule has 0 aliphatic heterocycles. The van der Waals surface area contributed by atoms with Gasteiger partial charge in [-0.3, -0.25) is 15.6 Å². The van der Waals surface area contributed by atoms with Crippen molar-refractivity contribution in [1.29, 1.82) is 10.7 Å². The minimum Gasteiger partial charge on any atom is -0.297 e. The number of allylic oxidation sites excluding steroid dienone is 2. The molecule has 0 atom stereocenters. The van der Waals surface area contributed by atoms with E-state index in [1.807, 2.05) is 67.7 Å². The summed E-state index contributed by atoms with van der Waals surface area (Å²) in [6, 6.07) is 26.4. The van der Waals surface area contributed by atoms with Gasteiger partial charge in [0.15, 0.2) is 11.5 Å². The van der Waals surface area contributed by atoms with Gasteiger partial charge >= 0.3 is 0 Å². The number of hydrogen-bond donors (Lipinski definition) is 2. The van der Waals surface area contributed by atoms with Crippen LogP contribution in [0.4, 0.5) is 5.69 Å². The monoisotopic (exact) mass is 504 g/mol. The van der Waals surface area contributed by atoms with E-state index in [4.69, 9.17) is 22.1 Å². The number of nitriles is 1. The first-order valence-corrected chi connectivity index (χ1v) is 11.9. The third-order valence-corrected chi connectivity index (χ3v) is 6.28. The normalized spacial score (nSPS) is 14.7. The average molecular weight is 505 g/mol. The maximum absolute atomic E-state index is 13.2. The van der Waals surface area contributed by atoms with Crippen LogP contribution in [0.25, 0.3) is 22.5 Å². The number of aryl methyl sites for hydroxylation is 1. The van der Waals surface area contributed by atoms with Gasteiger partial charge in [0.05, 0.1) is 16.9 Å². The first-order chi connectivity index (χ1) is 17.9. The summed E-state index contributed by atoms with van der Waals surface area (Å²) in [5, 5.41) is 28.3. The topological polar surface area (TPSA) is 107 Å². The van der Waals surface area contributed by atoms with Crippen molar-refractivity contribution in [1.82, 2.24) is 9.78 Å². The number of nitrogens with one attached hydrogen (secondary N) is 2. The van der Waals surface area contributed by atoms with E-state index in [1.54, 1.807) is 28.9 Å². The number of Topliss-reactive ketones (excluding diaryl/α,β-unsaturated/α-hetero) is 1. The number of anilines is 1. The summed E-state index contributed by atoms with van der Waals surface area (Å²) in [5.74, 6) is -0.359. The van der Waals surface area contributed by atoms with Crippen molar-refractivity contribution in [3.63, 3.8) is 0 Å². The molecule has 0 spiro atoms. The number of carbonyl (C=O) groups is 1. The fourth-order valence-electron chi connectivity index (χ4n) is 4.09. The SMILES string of the molecule is Cc1ccc(-c2nn(-c3ccccc3)cc2C2=C(C#N)C(=N)/C(=N\Nc3ccc(Cl)cc3)C(=O)C2)cc1. The zero-order valence-corrected chi connectivity index (χ0v) is 20.6. The quantitative estimate of drug-likeness (QED) is 0.314. The first kappa shape index (κ1) is 23.9. The second-order valence-electron chi connectivity index (χ2n) is 8.56. The van der Waals surface area contributed by atoms with Gasteiger partial charge in [-0.05, 0) is 48.9 Å². The van der Waals surface area contributed by atoms with Crippen LogP contribution in [-0.4, -0.2) is 27.0 Å². The van der Waals surface area contributed by atoms with Gasteiger partial charge in [0, 0.05) is 28.8 Å². The molecule has 1 aromatic heterocycles. The minimum absolute atomic E-state index is 0.0776. The molecule has 180 valence electrons. The number of aromatic nitrogens is 2. The zero-order valence-electron chi connectivity index (χ0n) is 19.9. The molecule has 0 radical (unpaired) electrons. The maximum Gasteiger partial charge on any atom is 0.189 e. The van der Waals surface area contributed by atoms with E-state index < -0.39 is 0 Å². The highest BCUT2D eigenvalue weighted by Gasteiger charge is 2.33. The average Bonchev–Trinajstić information content (AvgIpc) is 3.35. The molecule has 0 amide bonds. The summed E-state index contributed by atoms with van der Waals surface area (Å²) < 4.78 is 1.73. The van der Waals surface area contributed by atoms with E-state index in [9.17, 15) is 10.1 Å². The Morgan fingerprint density at radius 3 is 2.43 bits per heavy atom. The van der Waals surface area contributed by atoms with Crippen LogP contribution in [0.15, 0.2) is 95.7 Å². The van der Waals surface area contributed by atoms with Gasteiger partial charge in [-0.1, -0.05) is 59.6 Å². The summed E-state index contributed by atoms with van der Waals surface area (Å²) in [6.07, 6.45) is 1.73. The minimum atomic E-state index is -0.359. The zero-order chi connectivity index (χ0) is 25.9. The van der Waals surface area contributed by atoms with E-state index in [2.05, 4.69) is 16.6 Å². The van der Waals surface area contributed by atoms with E-state index >= 15 is 0 Å². The van der Waals surface area contributed by atoms with Crippen LogP contribution < -0.4 is 5.43 Å². The lowest BCUT2D eigenvalue weighted by Crippen LogP contribution is -2.31. The van der Waals surface area contributed by atoms with Gasteiger partial charge in [-0.15, -0.1) is 0 Å². The Bertz CT molecular complexity index is 1610. The number of benzene rings is 3. The Morgan fingerprint density at radius 1 is 1.05 bits per heavy atom. The molecule has 37 heavy (non-hydrogen) atoms. The molecule has 7 nitrogen and oxygen atoms in total. The number of ketones is 1. The van der Waals surface area contributed by atoms with Crippen LogP contribution in [0, 0.1) is 23.7 Å². The number of rotatable bonds is 5. The Labute approximate surface area is 218 Å². The third kappa shape index (κ3) is 4.83. The summed E-state index contributed by atoms with van der Waals surface area (Å²) in [6.45, 7) is 2.00. The second-order valence-corrected chi connectivity index (χ2v) is 8.99. The third-order valence-electron chi connectivity index (χ3n) is 6.03. The number of hydrazone groups is 1. The number of carbonyl (C=O) groups excluding carboxylic acids is 1. The number of para-hydroxylation sites is 1. The fourth-order valence-corrected chi connectivity index (χ4v) is 4.22. The molecule has 0 fully saturated rings. The van der Waals surface area contributed by atoms with Gasteiger partial charge in [-0.2, -0.15) is 15.5 Å². The summed E-state index contributed by atoms with van der Waals surface area (Å²) in [4.78, 5) is 13.2. The smallest absolute Gasteiger partial charge is 0.189 e. The predicted octanol–water partition coefficient (Wildman–Crippen LogP) is 6.24. The van der Waals surface area contributed by atoms with Gasteiger partial charge in [0.2, 0.25) is 0 Å². The molecule has 1 heterocycles. The van der Waals surface area contributed by atoms with Crippen molar-refractivity contribution in [3.05, 3.63) is 107 Å². The molecule has 5 rings (SSSR count). The van der Waals surface area contributed by atoms with Gasteiger partial charge in [0.25, 0.3) is 0 Å². The summed E-state index contributed by atoms with van der Waals surface area (Å²) in [7, 11) is 0. The van der Waals surface area contributed by atoms with Crippen molar-refractivity contribution in [2.45, 2.75) is 13.3 Å². The van der Waals surface area contributed by atoms with Crippen molar-refractivity contribution in [2.24, 2.45) is 5.10 Å². The van der Waals surface area contributed by atoms with Crippen LogP contribution in [0.1, 0.15) is 17.5 Å². The summed E-state index contributed by atoms with van der Waals surface area (Å²) >= 11 is 5.92. The maximum atomic E-state index is 13.2. The van der Waals surface area contributed by atoms with Crippen LogP contribution >= 0.6 is 11.6 Å². The fraction of sp³-hybridized carbons (Fsp3) is 0.0690. The molecule has 3 aromatic carbocycles. The Kier molecular flexibility index (Phi) is 6.50. The number of nitrogens with zero attached hydrogens (tertiary/aromatic N) is 4. The Hall–Kier alpha value is -4.80. The first-order valence-electron chi connectivity index (χ1n) is 11.5. The molecule has 0 saturated heterocycles. The van der Waals surface area contributed by atoms with Crippen molar-refractivity contribution >= 4 is 40.1 Å². The van der Waals surface area contributed by atoms with Crippen LogP contribution in [0.2, 0.25) is 5.02 Å². The van der Waals surface area contributed by atoms with E-state index in [0.29, 0.717) is 27.5 Å². The highest BCUT2D eigenvalue weighted by atomic mass is 35.5. The van der Waals surface area contributed by atoms with Crippen molar-refractivity contribution in [3.8, 4) is 23.0 Å². The molecule has 1 aliphatic carbocycles. The lowest BCUT2D eigenvalue weighted by Gasteiger charge is -2.18. The van der Waals surface area contributed by atoms with Gasteiger partial charge in [-0.25, -0.2) is 4.68 Å². The lowest BCUT2D eigenvalue weighted by atomic mass is 9.84. The highest BCUT2D eigenvalue weighted by Crippen LogP contribution is 2.35. The molecular weight excluding hydrogens is 484 g/mol. The number of hydrogen-bond acceptors (Lipinski definition) is 6. The molecular formula is C29H21ClN6O. The van der Waals surface area contributed by atoms with Crippen LogP contribution in [0.5, 0.6) is 0 Å². The molecule has 0 bridgehead atoms. The van der Waals surface area contributed by atoms with Crippen molar-refractivity contribution in [2.75, 3.05) is 5.43 Å². The standard InChI is InChI=1S/C29H21ClN6O/c1-18-7-9-19(10-8-18)28-25(17-36(35-28)22-5-3-2-4-6-22)23-15-26(37)29(27(32)24(23)16-31)34-33-21-13-11-20(30)12-14-21/h2-14,17,32-33H,15H2,1H3/b32-27?,34-29-. The molecule has 2 N–H and O–H groups in total. The molecule has 4 aromatic rings. The van der Waals surface area contributed by atoms with Crippen LogP contribution in [-0.2, 0) is 4.79 Å². The Balaban J connectivity index is 1.60. The van der Waals surface area contributed by atoms with Gasteiger partial charge < -0.3 is 0 Å². The second kappa shape index (κ2) is 10.1. The molecule has 0 saturated carbocycles. The molecule has 0 unspecified atom stereocenters.